The molecule has 1 atom stereocenters. The van der Waals surface area contributed by atoms with Gasteiger partial charge in [0.2, 0.25) is 11.8 Å². The fourth-order valence-electron chi connectivity index (χ4n) is 3.89. The Labute approximate surface area is 151 Å². The average Bonchev–Trinajstić information content (AvgIpc) is 2.43. The second-order valence-electron chi connectivity index (χ2n) is 8.76. The van der Waals surface area contributed by atoms with E-state index in [2.05, 4.69) is 26.1 Å². The van der Waals surface area contributed by atoms with Crippen LogP contribution in [0, 0.1) is 5.41 Å². The predicted octanol–water partition coefficient (Wildman–Crippen LogP) is 4.28. The lowest BCUT2D eigenvalue weighted by molar-refractivity contribution is -0.130. The minimum Gasteiger partial charge on any atom is -0.351 e. The Morgan fingerprint density at radius 1 is 1.12 bits per heavy atom. The van der Waals surface area contributed by atoms with Crippen LogP contribution >= 0.6 is 0 Å². The van der Waals surface area contributed by atoms with Gasteiger partial charge < -0.3 is 10.2 Å². The summed E-state index contributed by atoms with van der Waals surface area (Å²) < 4.78 is 0. The minimum atomic E-state index is -0.291. The van der Waals surface area contributed by atoms with E-state index in [0.717, 1.165) is 17.5 Å². The van der Waals surface area contributed by atoms with Crippen LogP contribution in [0.15, 0.2) is 30.5 Å². The summed E-state index contributed by atoms with van der Waals surface area (Å²) >= 11 is 0. The van der Waals surface area contributed by atoms with Gasteiger partial charge in [-0.25, -0.2) is 0 Å². The largest absolute Gasteiger partial charge is 0.351 e. The van der Waals surface area contributed by atoms with Crippen LogP contribution < -0.4 is 5.32 Å². The maximum absolute atomic E-state index is 12.7. The lowest BCUT2D eigenvalue weighted by atomic mass is 9.81. The summed E-state index contributed by atoms with van der Waals surface area (Å²) in [5.74, 6) is -0.0897. The van der Waals surface area contributed by atoms with E-state index in [9.17, 15) is 9.59 Å². The first-order valence-corrected chi connectivity index (χ1v) is 8.86. The Bertz CT molecular complexity index is 683. The molecule has 2 amide bonds. The van der Waals surface area contributed by atoms with Crippen molar-refractivity contribution in [1.29, 1.82) is 0 Å². The molecule has 1 aromatic carbocycles. The Morgan fingerprint density at radius 2 is 1.76 bits per heavy atom. The van der Waals surface area contributed by atoms with Gasteiger partial charge in [-0.1, -0.05) is 45.0 Å². The van der Waals surface area contributed by atoms with E-state index in [-0.39, 0.29) is 35.2 Å². The molecule has 25 heavy (non-hydrogen) atoms. The molecule has 0 spiro atoms. The van der Waals surface area contributed by atoms with Crippen molar-refractivity contribution in [2.45, 2.75) is 66.0 Å². The molecule has 0 saturated carbocycles. The zero-order valence-corrected chi connectivity index (χ0v) is 16.2. The smallest absolute Gasteiger partial charge is 0.223 e. The van der Waals surface area contributed by atoms with Crippen molar-refractivity contribution in [3.05, 3.63) is 41.6 Å². The van der Waals surface area contributed by atoms with E-state index in [1.807, 2.05) is 44.2 Å². The standard InChI is InChI=1S/C21H30N2O2/c1-15(24)23-12-11-16-9-7-8-10-17(16)18(23)13-19(25)22-21(5,6)14-20(2,3)4/h7-12,18H,13-14H2,1-6H3,(H,22,25). The van der Waals surface area contributed by atoms with Gasteiger partial charge in [0, 0.05) is 18.7 Å². The number of rotatable bonds is 4. The van der Waals surface area contributed by atoms with E-state index in [1.165, 1.54) is 6.92 Å². The predicted molar refractivity (Wildman–Crippen MR) is 102 cm³/mol. The number of benzene rings is 1. The van der Waals surface area contributed by atoms with Gasteiger partial charge in [-0.05, 0) is 42.9 Å². The topological polar surface area (TPSA) is 49.4 Å². The fourth-order valence-corrected chi connectivity index (χ4v) is 3.89. The highest BCUT2D eigenvalue weighted by Gasteiger charge is 2.31. The number of hydrogen-bond donors (Lipinski definition) is 1. The van der Waals surface area contributed by atoms with E-state index in [1.54, 1.807) is 11.1 Å². The van der Waals surface area contributed by atoms with Crippen LogP contribution in [0.4, 0.5) is 0 Å². The van der Waals surface area contributed by atoms with Crippen LogP contribution in [0.25, 0.3) is 6.08 Å². The number of carbonyl (C=O) groups excluding carboxylic acids is 2. The fraction of sp³-hybridized carbons (Fsp3) is 0.524. The van der Waals surface area contributed by atoms with Crippen molar-refractivity contribution in [1.82, 2.24) is 10.2 Å². The Hall–Kier alpha value is -2.10. The average molecular weight is 342 g/mol. The van der Waals surface area contributed by atoms with Crippen LogP contribution in [0.5, 0.6) is 0 Å². The van der Waals surface area contributed by atoms with Crippen molar-refractivity contribution < 1.29 is 9.59 Å². The molecule has 1 aromatic rings. The highest BCUT2D eigenvalue weighted by Crippen LogP contribution is 2.33. The molecule has 2 rings (SSSR count). The number of carbonyl (C=O) groups is 2. The molecule has 1 aliphatic heterocycles. The highest BCUT2D eigenvalue weighted by molar-refractivity contribution is 5.82. The van der Waals surface area contributed by atoms with Crippen molar-refractivity contribution in [2.75, 3.05) is 0 Å². The quantitative estimate of drug-likeness (QED) is 0.888. The lowest BCUT2D eigenvalue weighted by Crippen LogP contribution is -2.47. The first-order chi connectivity index (χ1) is 11.5. The third-order valence-corrected chi connectivity index (χ3v) is 4.30. The Morgan fingerprint density at radius 3 is 2.36 bits per heavy atom. The molecule has 0 aromatic heterocycles. The molecule has 0 saturated heterocycles. The number of amides is 2. The Balaban J connectivity index is 2.17. The molecule has 1 aliphatic rings. The van der Waals surface area contributed by atoms with Crippen molar-refractivity contribution in [3.8, 4) is 0 Å². The zero-order valence-electron chi connectivity index (χ0n) is 16.2. The summed E-state index contributed by atoms with van der Waals surface area (Å²) in [5.41, 5.74) is 1.92. The summed E-state index contributed by atoms with van der Waals surface area (Å²) in [4.78, 5) is 26.4. The first kappa shape index (κ1) is 19.2. The van der Waals surface area contributed by atoms with Crippen molar-refractivity contribution in [2.24, 2.45) is 5.41 Å². The second-order valence-corrected chi connectivity index (χ2v) is 8.76. The molecule has 0 fully saturated rings. The van der Waals surface area contributed by atoms with Gasteiger partial charge in [-0.3, -0.25) is 9.59 Å². The Kier molecular flexibility index (Phi) is 5.40. The monoisotopic (exact) mass is 342 g/mol. The third kappa shape index (κ3) is 5.18. The summed E-state index contributed by atoms with van der Waals surface area (Å²) in [6, 6.07) is 7.66. The van der Waals surface area contributed by atoms with E-state index in [0.29, 0.717) is 0 Å². The summed E-state index contributed by atoms with van der Waals surface area (Å²) in [5, 5.41) is 3.15. The van der Waals surface area contributed by atoms with Gasteiger partial charge in [-0.15, -0.1) is 0 Å². The summed E-state index contributed by atoms with van der Waals surface area (Å²) in [7, 11) is 0. The molecule has 1 heterocycles. The SMILES string of the molecule is CC(=O)N1C=Cc2ccccc2C1CC(=O)NC(C)(C)CC(C)(C)C. The number of fused-ring (bicyclic) bond motifs is 1. The molecule has 0 bridgehead atoms. The summed E-state index contributed by atoms with van der Waals surface area (Å²) in [6.45, 7) is 12.1. The number of nitrogens with zero attached hydrogens (tertiary/aromatic N) is 1. The molecular weight excluding hydrogens is 312 g/mol. The van der Waals surface area contributed by atoms with Crippen LogP contribution in [-0.2, 0) is 9.59 Å². The van der Waals surface area contributed by atoms with Crippen LogP contribution in [0.1, 0.15) is 71.6 Å². The van der Waals surface area contributed by atoms with E-state index < -0.39 is 0 Å². The molecular formula is C21H30N2O2. The summed E-state index contributed by atoms with van der Waals surface area (Å²) in [6.07, 6.45) is 4.84. The molecule has 1 unspecified atom stereocenters. The normalized spacial score (nSPS) is 17.2. The van der Waals surface area contributed by atoms with Crippen LogP contribution in [-0.4, -0.2) is 22.3 Å². The molecule has 4 heteroatoms. The van der Waals surface area contributed by atoms with E-state index >= 15 is 0 Å². The van der Waals surface area contributed by atoms with Gasteiger partial charge in [0.05, 0.1) is 12.5 Å². The first-order valence-electron chi connectivity index (χ1n) is 8.86. The molecule has 1 N–H and O–H groups in total. The highest BCUT2D eigenvalue weighted by atomic mass is 16.2. The number of hydrogen-bond acceptors (Lipinski definition) is 2. The molecule has 0 aliphatic carbocycles. The molecule has 136 valence electrons. The van der Waals surface area contributed by atoms with Crippen LogP contribution in [0.2, 0.25) is 0 Å². The lowest BCUT2D eigenvalue weighted by Gasteiger charge is -2.36. The molecule has 4 nitrogen and oxygen atoms in total. The van der Waals surface area contributed by atoms with Crippen molar-refractivity contribution >= 4 is 17.9 Å². The van der Waals surface area contributed by atoms with Gasteiger partial charge in [0.1, 0.15) is 0 Å². The maximum Gasteiger partial charge on any atom is 0.223 e. The minimum absolute atomic E-state index is 0.0318. The second kappa shape index (κ2) is 7.03. The zero-order chi connectivity index (χ0) is 18.8. The van der Waals surface area contributed by atoms with Crippen molar-refractivity contribution in [3.63, 3.8) is 0 Å². The van der Waals surface area contributed by atoms with Crippen LogP contribution in [0.3, 0.4) is 0 Å². The molecule has 0 radical (unpaired) electrons. The van der Waals surface area contributed by atoms with Gasteiger partial charge in [-0.2, -0.15) is 0 Å². The maximum atomic E-state index is 12.7. The van der Waals surface area contributed by atoms with Gasteiger partial charge >= 0.3 is 0 Å². The van der Waals surface area contributed by atoms with Gasteiger partial charge in [0.25, 0.3) is 0 Å². The van der Waals surface area contributed by atoms with E-state index in [4.69, 9.17) is 0 Å². The third-order valence-electron chi connectivity index (χ3n) is 4.30. The van der Waals surface area contributed by atoms with Gasteiger partial charge in [0.15, 0.2) is 0 Å². The number of nitrogens with one attached hydrogen (secondary N) is 1.